The molecule has 2 aromatic rings. The molecule has 0 spiro atoms. The lowest BCUT2D eigenvalue weighted by molar-refractivity contribution is -0.141. The zero-order chi connectivity index (χ0) is 19.5. The molecular formula is C22H25BrClN3O2. The van der Waals surface area contributed by atoms with Crippen LogP contribution in [0.5, 0.6) is 0 Å². The highest BCUT2D eigenvalue weighted by Crippen LogP contribution is 2.34. The summed E-state index contributed by atoms with van der Waals surface area (Å²) < 4.78 is 0.887. The molecule has 2 aromatic carbocycles. The van der Waals surface area contributed by atoms with Crippen molar-refractivity contribution in [1.82, 2.24) is 14.7 Å². The zero-order valence-electron chi connectivity index (χ0n) is 16.2. The van der Waals surface area contributed by atoms with Crippen LogP contribution in [-0.4, -0.2) is 59.4 Å². The number of carbonyl (C=O) groups is 2. The van der Waals surface area contributed by atoms with Gasteiger partial charge in [0.25, 0.3) is 0 Å². The Morgan fingerprint density at radius 1 is 0.862 bits per heavy atom. The molecule has 0 aliphatic carbocycles. The molecule has 0 radical (unpaired) electrons. The molecule has 2 saturated heterocycles. The maximum absolute atomic E-state index is 12.9. The number of imide groups is 1. The Kier molecular flexibility index (Phi) is 7.46. The van der Waals surface area contributed by atoms with Crippen molar-refractivity contribution in [2.45, 2.75) is 18.9 Å². The van der Waals surface area contributed by atoms with Crippen molar-refractivity contribution in [1.29, 1.82) is 0 Å². The van der Waals surface area contributed by atoms with E-state index in [0.717, 1.165) is 42.8 Å². The Labute approximate surface area is 186 Å². The summed E-state index contributed by atoms with van der Waals surface area (Å²) in [6, 6.07) is 18.1. The molecule has 0 N–H and O–H groups in total. The van der Waals surface area contributed by atoms with Crippen molar-refractivity contribution in [2.24, 2.45) is 0 Å². The number of halogens is 2. The smallest absolute Gasteiger partial charge is 0.238 e. The van der Waals surface area contributed by atoms with Crippen LogP contribution < -0.4 is 0 Å². The van der Waals surface area contributed by atoms with Gasteiger partial charge in [-0.3, -0.25) is 24.3 Å². The minimum absolute atomic E-state index is 0. The molecule has 2 heterocycles. The number of carbonyl (C=O) groups excluding carboxylic acids is 2. The zero-order valence-corrected chi connectivity index (χ0v) is 18.6. The summed E-state index contributed by atoms with van der Waals surface area (Å²) in [7, 11) is 0. The number of rotatable bonds is 5. The van der Waals surface area contributed by atoms with Gasteiger partial charge in [-0.1, -0.05) is 64.5 Å². The molecule has 0 aromatic heterocycles. The fourth-order valence-electron chi connectivity index (χ4n) is 3.96. The van der Waals surface area contributed by atoms with Crippen LogP contribution in [0.4, 0.5) is 0 Å². The third-order valence-electron chi connectivity index (χ3n) is 5.58. The van der Waals surface area contributed by atoms with Crippen LogP contribution in [-0.2, 0) is 16.1 Å². The third kappa shape index (κ3) is 5.07. The van der Waals surface area contributed by atoms with Gasteiger partial charge in [0, 0.05) is 43.6 Å². The molecule has 4 rings (SSSR count). The van der Waals surface area contributed by atoms with Gasteiger partial charge in [0.15, 0.2) is 0 Å². The van der Waals surface area contributed by atoms with Gasteiger partial charge in [-0.25, -0.2) is 0 Å². The van der Waals surface area contributed by atoms with Gasteiger partial charge < -0.3 is 0 Å². The van der Waals surface area contributed by atoms with E-state index >= 15 is 0 Å². The Balaban J connectivity index is 0.00000240. The van der Waals surface area contributed by atoms with Crippen LogP contribution >= 0.6 is 28.3 Å². The molecule has 2 amide bonds. The fourth-order valence-corrected chi connectivity index (χ4v) is 4.52. The molecule has 0 bridgehead atoms. The molecule has 29 heavy (non-hydrogen) atoms. The van der Waals surface area contributed by atoms with Gasteiger partial charge in [-0.05, 0) is 17.2 Å². The highest BCUT2D eigenvalue weighted by Gasteiger charge is 2.40. The number of likely N-dealkylation sites (tertiary alicyclic amines) is 1. The maximum atomic E-state index is 12.9. The third-order valence-corrected chi connectivity index (χ3v) is 6.30. The minimum atomic E-state index is -0.373. The second-order valence-electron chi connectivity index (χ2n) is 7.46. The topological polar surface area (TPSA) is 43.9 Å². The van der Waals surface area contributed by atoms with Crippen molar-refractivity contribution < 1.29 is 9.59 Å². The van der Waals surface area contributed by atoms with Crippen LogP contribution in [0.25, 0.3) is 0 Å². The van der Waals surface area contributed by atoms with E-state index in [1.807, 2.05) is 30.3 Å². The average molecular weight is 479 g/mol. The Hall–Kier alpha value is -1.73. The van der Waals surface area contributed by atoms with E-state index in [4.69, 9.17) is 0 Å². The van der Waals surface area contributed by atoms with E-state index in [2.05, 4.69) is 50.0 Å². The van der Waals surface area contributed by atoms with E-state index < -0.39 is 0 Å². The monoisotopic (exact) mass is 477 g/mol. The Morgan fingerprint density at radius 3 is 2.17 bits per heavy atom. The number of hydrogen-bond donors (Lipinski definition) is 0. The van der Waals surface area contributed by atoms with Crippen LogP contribution in [0.2, 0.25) is 0 Å². The van der Waals surface area contributed by atoms with Gasteiger partial charge in [0.1, 0.15) is 0 Å². The quantitative estimate of drug-likeness (QED) is 0.617. The number of amides is 2. The summed E-state index contributed by atoms with van der Waals surface area (Å²) in [5.74, 6) is -0.525. The summed E-state index contributed by atoms with van der Waals surface area (Å²) in [4.78, 5) is 31.5. The first-order valence-corrected chi connectivity index (χ1v) is 10.5. The van der Waals surface area contributed by atoms with E-state index in [1.54, 1.807) is 0 Å². The van der Waals surface area contributed by atoms with Crippen molar-refractivity contribution in [3.63, 3.8) is 0 Å². The standard InChI is InChI=1S/C22H24BrN3O2.ClH/c23-20-9-5-4-8-18(20)19-14-21(27)26(22(19)28)16-25-12-10-24(11-13-25)15-17-6-2-1-3-7-17;/h1-9,19H,10-16H2;1H. The lowest BCUT2D eigenvalue weighted by Crippen LogP contribution is -2.50. The molecular weight excluding hydrogens is 454 g/mol. The lowest BCUT2D eigenvalue weighted by atomic mass is 9.98. The molecule has 2 fully saturated rings. The predicted molar refractivity (Wildman–Crippen MR) is 119 cm³/mol. The second kappa shape index (κ2) is 9.85. The van der Waals surface area contributed by atoms with Gasteiger partial charge in [-0.2, -0.15) is 0 Å². The van der Waals surface area contributed by atoms with Crippen LogP contribution in [0, 0.1) is 0 Å². The van der Waals surface area contributed by atoms with Crippen LogP contribution in [0.3, 0.4) is 0 Å². The Bertz CT molecular complexity index is 856. The molecule has 2 aliphatic rings. The Morgan fingerprint density at radius 2 is 1.48 bits per heavy atom. The van der Waals surface area contributed by atoms with E-state index in [9.17, 15) is 9.59 Å². The molecule has 7 heteroatoms. The summed E-state index contributed by atoms with van der Waals surface area (Å²) >= 11 is 3.51. The predicted octanol–water partition coefficient (Wildman–Crippen LogP) is 3.49. The molecule has 154 valence electrons. The van der Waals surface area contributed by atoms with Gasteiger partial charge in [0.05, 0.1) is 12.6 Å². The first-order chi connectivity index (χ1) is 13.6. The van der Waals surface area contributed by atoms with Crippen molar-refractivity contribution in [3.8, 4) is 0 Å². The van der Waals surface area contributed by atoms with E-state index in [1.165, 1.54) is 10.5 Å². The van der Waals surface area contributed by atoms with Crippen LogP contribution in [0.1, 0.15) is 23.5 Å². The van der Waals surface area contributed by atoms with Crippen LogP contribution in [0.15, 0.2) is 59.1 Å². The van der Waals surface area contributed by atoms with Crippen molar-refractivity contribution in [3.05, 3.63) is 70.2 Å². The highest BCUT2D eigenvalue weighted by atomic mass is 79.9. The van der Waals surface area contributed by atoms with Gasteiger partial charge in [0.2, 0.25) is 11.8 Å². The molecule has 1 atom stereocenters. The van der Waals surface area contributed by atoms with E-state index in [-0.39, 0.29) is 36.6 Å². The molecule has 2 aliphatic heterocycles. The average Bonchev–Trinajstić information content (AvgIpc) is 2.99. The fraction of sp³-hybridized carbons (Fsp3) is 0.364. The molecule has 0 saturated carbocycles. The second-order valence-corrected chi connectivity index (χ2v) is 8.31. The minimum Gasteiger partial charge on any atom is -0.297 e. The van der Waals surface area contributed by atoms with Gasteiger partial charge in [-0.15, -0.1) is 12.4 Å². The summed E-state index contributed by atoms with van der Waals surface area (Å²) in [6.45, 7) is 4.96. The first kappa shape index (κ1) is 22.0. The largest absolute Gasteiger partial charge is 0.297 e. The summed E-state index contributed by atoms with van der Waals surface area (Å²) in [5.41, 5.74) is 2.22. The number of piperazine rings is 1. The van der Waals surface area contributed by atoms with E-state index in [0.29, 0.717) is 6.67 Å². The van der Waals surface area contributed by atoms with Crippen molar-refractivity contribution in [2.75, 3.05) is 32.8 Å². The highest BCUT2D eigenvalue weighted by molar-refractivity contribution is 9.10. The SMILES string of the molecule is Cl.O=C1CC(c2ccccc2Br)C(=O)N1CN1CCN(Cc2ccccc2)CC1. The lowest BCUT2D eigenvalue weighted by Gasteiger charge is -2.36. The van der Waals surface area contributed by atoms with Crippen molar-refractivity contribution >= 4 is 40.2 Å². The molecule has 5 nitrogen and oxygen atoms in total. The summed E-state index contributed by atoms with van der Waals surface area (Å²) in [5, 5.41) is 0. The summed E-state index contributed by atoms with van der Waals surface area (Å²) in [6.07, 6.45) is 0.259. The molecule has 1 unspecified atom stereocenters. The number of hydrogen-bond acceptors (Lipinski definition) is 4. The number of nitrogens with zero attached hydrogens (tertiary/aromatic N) is 3. The van der Waals surface area contributed by atoms with Gasteiger partial charge >= 0.3 is 0 Å². The number of benzene rings is 2. The first-order valence-electron chi connectivity index (χ1n) is 9.69. The maximum Gasteiger partial charge on any atom is 0.238 e. The normalized spacial score (nSPS) is 20.7.